The van der Waals surface area contributed by atoms with Crippen LogP contribution in [-0.4, -0.2) is 150 Å². The number of aliphatic carboxylic acids is 6. The molecule has 1 fully saturated rings. The first-order valence-corrected chi connectivity index (χ1v) is 16.3. The normalized spacial score (nSPS) is 15.1. The molecule has 314 valence electrons. The summed E-state index contributed by atoms with van der Waals surface area (Å²) in [6.07, 6.45) is 7.26. The van der Waals surface area contributed by atoms with E-state index in [4.69, 9.17) is 75.9 Å². The van der Waals surface area contributed by atoms with E-state index in [0.29, 0.717) is 32.4 Å². The molecule has 25 N–H and O–H groups in total. The maximum atomic E-state index is 10.3. The second kappa shape index (κ2) is 35.0. The second-order valence-corrected chi connectivity index (χ2v) is 11.0. The fourth-order valence-corrected chi connectivity index (χ4v) is 3.10. The summed E-state index contributed by atoms with van der Waals surface area (Å²) in [4.78, 5) is 70.0. The number of aromatic amines is 1. The predicted octanol–water partition coefficient (Wildman–Crippen LogP) is -5.02. The van der Waals surface area contributed by atoms with Crippen molar-refractivity contribution in [3.63, 3.8) is 0 Å². The number of H-pyrrole nitrogens is 1. The summed E-state index contributed by atoms with van der Waals surface area (Å²) in [5.74, 6) is -5.79. The van der Waals surface area contributed by atoms with E-state index in [0.717, 1.165) is 37.9 Å². The standard InChI is InChI=1S/C6H14N4O2.C6H9N3O2.C6H14N2O2.C5H9NO2.C4H9NO3.C2H5NO2/c7-4(5(11)12)2-1-3-10-6(8)9;7-5(6(10)11)1-4-2-8-3-9-4;7-4-2-1-3-5(8)6(9)10;7-5(8)4-2-1-3-6-4;1-2(6)3(5)4(7)8;3-1-2(4)5/h4H,1-3,7H2,(H,11,12)(H4,8,9,10);2-3,5H,1,7H2,(H,8,9)(H,10,11);5H,1-4,7-8H2,(H,9,10);4,6H,1-3H2,(H,7,8);2-3,6H,5H2,1H3,(H,7,8);1,3H2,(H,4,5)/t4-;2*5-;4-;2-,3+;/m00001./s1. The molecule has 2 heterocycles. The van der Waals surface area contributed by atoms with Gasteiger partial charge in [0.1, 0.15) is 30.2 Å². The molecule has 25 nitrogen and oxygen atoms in total. The largest absolute Gasteiger partial charge is 0.480 e. The first-order chi connectivity index (χ1) is 25.0. The monoisotopic (exact) mass is 784 g/mol. The lowest BCUT2D eigenvalue weighted by molar-refractivity contribution is -0.141. The number of aliphatic imine (C=N–C) groups is 1. The van der Waals surface area contributed by atoms with E-state index in [-0.39, 0.29) is 25.0 Å². The topological polar surface area (TPSA) is 505 Å². The number of hydrogen-bond acceptors (Lipinski definition) is 16. The van der Waals surface area contributed by atoms with Crippen molar-refractivity contribution in [1.29, 1.82) is 0 Å². The lowest BCUT2D eigenvalue weighted by atomic mass is 10.1. The predicted molar refractivity (Wildman–Crippen MR) is 195 cm³/mol. The Morgan fingerprint density at radius 1 is 0.833 bits per heavy atom. The van der Waals surface area contributed by atoms with Crippen molar-refractivity contribution >= 4 is 41.8 Å². The Balaban J connectivity index is -0.000000282. The Kier molecular flexibility index (Phi) is 36.2. The highest BCUT2D eigenvalue weighted by Crippen LogP contribution is 2.03. The smallest absolute Gasteiger partial charge is 0.323 e. The third-order valence-corrected chi connectivity index (χ3v) is 6.22. The quantitative estimate of drug-likeness (QED) is 0.0399. The average Bonchev–Trinajstić information content (AvgIpc) is 3.83. The SMILES string of the molecule is C[C@@H](O)[C@H](N)C(=O)O.NC(N)=NCCC[C@H](N)C(=O)O.NCC(=O)O.NCCCC[C@H](N)C(=O)O.N[C@@H](Cc1cnc[nH]1)C(=O)O.O=C(O)[C@@H]1CCCN1. The van der Waals surface area contributed by atoms with Gasteiger partial charge >= 0.3 is 35.8 Å². The van der Waals surface area contributed by atoms with Gasteiger partial charge in [0.25, 0.3) is 0 Å². The van der Waals surface area contributed by atoms with E-state index in [1.165, 1.54) is 13.3 Å². The Hall–Kier alpha value is -5.02. The minimum absolute atomic E-state index is 0.0129. The number of nitrogens with two attached hydrogens (primary N) is 8. The molecule has 0 aromatic carbocycles. The van der Waals surface area contributed by atoms with Crippen LogP contribution in [0.2, 0.25) is 0 Å². The third kappa shape index (κ3) is 38.2. The number of nitrogens with one attached hydrogen (secondary N) is 2. The third-order valence-electron chi connectivity index (χ3n) is 6.22. The van der Waals surface area contributed by atoms with Crippen molar-refractivity contribution in [3.05, 3.63) is 18.2 Å². The number of hydrogen-bond donors (Lipinski definition) is 17. The Bertz CT molecular complexity index is 1190. The molecule has 0 unspecified atom stereocenters. The zero-order valence-corrected chi connectivity index (χ0v) is 30.2. The van der Waals surface area contributed by atoms with Crippen LogP contribution in [0.1, 0.15) is 57.6 Å². The molecule has 0 radical (unpaired) electrons. The van der Waals surface area contributed by atoms with Gasteiger partial charge in [0.2, 0.25) is 0 Å². The van der Waals surface area contributed by atoms with E-state index < -0.39 is 66.1 Å². The number of aromatic nitrogens is 2. The second-order valence-electron chi connectivity index (χ2n) is 11.0. The first kappa shape index (κ1) is 55.7. The Labute approximate surface area is 311 Å². The summed E-state index contributed by atoms with van der Waals surface area (Å²) in [6, 6.07) is -3.81. The molecule has 1 aliphatic rings. The van der Waals surface area contributed by atoms with Crippen molar-refractivity contribution in [2.24, 2.45) is 50.9 Å². The van der Waals surface area contributed by atoms with Gasteiger partial charge < -0.3 is 91.9 Å². The highest BCUT2D eigenvalue weighted by atomic mass is 16.4. The molecule has 1 saturated heterocycles. The minimum atomic E-state index is -1.18. The number of aliphatic hydroxyl groups is 1. The molecule has 0 aliphatic carbocycles. The highest BCUT2D eigenvalue weighted by molar-refractivity contribution is 5.76. The lowest BCUT2D eigenvalue weighted by Crippen LogP contribution is -2.39. The zero-order chi connectivity index (χ0) is 42.8. The zero-order valence-electron chi connectivity index (χ0n) is 30.2. The van der Waals surface area contributed by atoms with Crippen molar-refractivity contribution in [2.75, 3.05) is 26.2 Å². The van der Waals surface area contributed by atoms with Crippen LogP contribution in [0.3, 0.4) is 0 Å². The van der Waals surface area contributed by atoms with Gasteiger partial charge in [-0.1, -0.05) is 6.42 Å². The van der Waals surface area contributed by atoms with Crippen LogP contribution in [0.4, 0.5) is 0 Å². The summed E-state index contributed by atoms with van der Waals surface area (Å²) in [7, 11) is 0. The van der Waals surface area contributed by atoms with Gasteiger partial charge in [0, 0.05) is 24.9 Å². The van der Waals surface area contributed by atoms with Gasteiger partial charge in [-0.15, -0.1) is 0 Å². The fraction of sp³-hybridized carbons (Fsp3) is 0.655. The molecule has 6 atom stereocenters. The number of imidazole rings is 1. The molecule has 1 aromatic heterocycles. The van der Waals surface area contributed by atoms with Crippen molar-refractivity contribution in [1.82, 2.24) is 15.3 Å². The molecule has 1 aliphatic heterocycles. The number of nitrogens with zero attached hydrogens (tertiary/aromatic N) is 2. The molecule has 2 rings (SSSR count). The van der Waals surface area contributed by atoms with Gasteiger partial charge in [0.05, 0.1) is 19.0 Å². The van der Waals surface area contributed by atoms with Crippen molar-refractivity contribution in [3.8, 4) is 0 Å². The summed E-state index contributed by atoms with van der Waals surface area (Å²) in [6.45, 7) is 2.94. The minimum Gasteiger partial charge on any atom is -0.480 e. The van der Waals surface area contributed by atoms with E-state index in [2.05, 4.69) is 26.0 Å². The van der Waals surface area contributed by atoms with Crippen LogP contribution in [0.15, 0.2) is 17.5 Å². The van der Waals surface area contributed by atoms with Gasteiger partial charge in [-0.2, -0.15) is 0 Å². The molecule has 0 spiro atoms. The van der Waals surface area contributed by atoms with Crippen LogP contribution in [-0.2, 0) is 35.2 Å². The molecule has 54 heavy (non-hydrogen) atoms. The van der Waals surface area contributed by atoms with Crippen molar-refractivity contribution in [2.45, 2.75) is 94.6 Å². The molecule has 0 bridgehead atoms. The maximum Gasteiger partial charge on any atom is 0.323 e. The highest BCUT2D eigenvalue weighted by Gasteiger charge is 2.20. The van der Waals surface area contributed by atoms with Crippen LogP contribution in [0.25, 0.3) is 0 Å². The van der Waals surface area contributed by atoms with E-state index in [9.17, 15) is 28.8 Å². The van der Waals surface area contributed by atoms with Gasteiger partial charge in [-0.3, -0.25) is 33.8 Å². The number of guanidine groups is 1. The molecule has 0 amide bonds. The summed E-state index contributed by atoms with van der Waals surface area (Å²) in [5.41, 5.74) is 41.2. The lowest BCUT2D eigenvalue weighted by Gasteiger charge is -2.06. The number of carboxylic acids is 6. The molecule has 0 saturated carbocycles. The average molecular weight is 785 g/mol. The fourth-order valence-electron chi connectivity index (χ4n) is 3.10. The Morgan fingerprint density at radius 2 is 1.33 bits per heavy atom. The summed E-state index contributed by atoms with van der Waals surface area (Å²) < 4.78 is 0. The molecule has 1 aromatic rings. The molecule has 25 heteroatoms. The molecular formula is C29H60N12O13. The Morgan fingerprint density at radius 3 is 1.61 bits per heavy atom. The van der Waals surface area contributed by atoms with Crippen LogP contribution >= 0.6 is 0 Å². The molecular weight excluding hydrogens is 724 g/mol. The van der Waals surface area contributed by atoms with Gasteiger partial charge in [-0.25, -0.2) is 4.98 Å². The first-order valence-electron chi connectivity index (χ1n) is 16.3. The maximum absolute atomic E-state index is 10.3. The van der Waals surface area contributed by atoms with E-state index in [1.807, 2.05) is 0 Å². The number of unbranched alkanes of at least 4 members (excludes halogenated alkanes) is 1. The van der Waals surface area contributed by atoms with Crippen LogP contribution in [0, 0.1) is 0 Å². The summed E-state index contributed by atoms with van der Waals surface area (Å²) in [5, 5.41) is 60.5. The number of rotatable bonds is 17. The summed E-state index contributed by atoms with van der Waals surface area (Å²) >= 11 is 0. The van der Waals surface area contributed by atoms with E-state index >= 15 is 0 Å². The van der Waals surface area contributed by atoms with Gasteiger partial charge in [-0.05, 0) is 58.5 Å². The van der Waals surface area contributed by atoms with Crippen LogP contribution in [0.5, 0.6) is 0 Å². The number of carbonyl (C=O) groups is 6. The van der Waals surface area contributed by atoms with Gasteiger partial charge in [0.15, 0.2) is 5.96 Å². The number of aliphatic hydroxyl groups excluding tert-OH is 1. The van der Waals surface area contributed by atoms with Crippen molar-refractivity contribution < 1.29 is 64.5 Å². The van der Waals surface area contributed by atoms with Crippen LogP contribution < -0.4 is 51.2 Å². The van der Waals surface area contributed by atoms with E-state index in [1.54, 1.807) is 6.20 Å². The number of carboxylic acid groups (broad SMARTS) is 6.